The van der Waals surface area contributed by atoms with Crippen LogP contribution in [0.15, 0.2) is 18.3 Å². The summed E-state index contributed by atoms with van der Waals surface area (Å²) in [5.41, 5.74) is 1.11. The van der Waals surface area contributed by atoms with Crippen molar-refractivity contribution >= 4 is 0 Å². The predicted octanol–water partition coefficient (Wildman–Crippen LogP) is 2.57. The summed E-state index contributed by atoms with van der Waals surface area (Å²) in [5.74, 6) is 0.769. The Morgan fingerprint density at radius 2 is 2.33 bits per heavy atom. The number of hydrogen-bond acceptors (Lipinski definition) is 2. The van der Waals surface area contributed by atoms with Crippen molar-refractivity contribution in [1.29, 1.82) is 0 Å². The number of unbranched alkanes of at least 4 members (excludes halogenated alkanes) is 1. The van der Waals surface area contributed by atoms with Crippen LogP contribution in [0.25, 0.3) is 0 Å². The fraction of sp³-hybridized carbons (Fsp3) is 0.500. The molecule has 0 saturated carbocycles. The highest BCUT2D eigenvalue weighted by Gasteiger charge is 1.97. The molecule has 0 aromatic carbocycles. The van der Waals surface area contributed by atoms with Crippen LogP contribution in [0, 0.1) is 6.92 Å². The standard InChI is InChI=1S/C10H15NO/c1-3-4-8-12-10-9(2)6-5-7-11-10/h5-7H,3-4,8H2,1-2H3. The molecular formula is C10H15NO. The van der Waals surface area contributed by atoms with Gasteiger partial charge in [-0.25, -0.2) is 4.98 Å². The van der Waals surface area contributed by atoms with Crippen LogP contribution < -0.4 is 4.74 Å². The zero-order valence-electron chi connectivity index (χ0n) is 7.71. The van der Waals surface area contributed by atoms with Crippen molar-refractivity contribution in [3.63, 3.8) is 0 Å². The molecule has 0 fully saturated rings. The summed E-state index contributed by atoms with van der Waals surface area (Å²) in [6.07, 6.45) is 4.01. The maximum Gasteiger partial charge on any atom is 0.216 e. The van der Waals surface area contributed by atoms with Gasteiger partial charge in [-0.15, -0.1) is 0 Å². The molecule has 0 unspecified atom stereocenters. The lowest BCUT2D eigenvalue weighted by Crippen LogP contribution is -1.99. The van der Waals surface area contributed by atoms with E-state index in [9.17, 15) is 0 Å². The van der Waals surface area contributed by atoms with Gasteiger partial charge in [0, 0.05) is 11.8 Å². The SMILES string of the molecule is CCCCOc1ncccc1C. The molecular weight excluding hydrogens is 150 g/mol. The highest BCUT2D eigenvalue weighted by atomic mass is 16.5. The van der Waals surface area contributed by atoms with Crippen LogP contribution in [-0.2, 0) is 0 Å². The van der Waals surface area contributed by atoms with Crippen LogP contribution in [0.5, 0.6) is 5.88 Å². The van der Waals surface area contributed by atoms with Gasteiger partial charge in [-0.1, -0.05) is 19.4 Å². The first kappa shape index (κ1) is 9.04. The quantitative estimate of drug-likeness (QED) is 0.640. The molecule has 1 aromatic rings. The molecule has 66 valence electrons. The van der Waals surface area contributed by atoms with E-state index in [2.05, 4.69) is 11.9 Å². The van der Waals surface area contributed by atoms with Crippen LogP contribution >= 0.6 is 0 Å². The molecule has 2 nitrogen and oxygen atoms in total. The molecule has 1 aromatic heterocycles. The smallest absolute Gasteiger partial charge is 0.216 e. The second-order valence-corrected chi connectivity index (χ2v) is 2.83. The fourth-order valence-electron chi connectivity index (χ4n) is 0.935. The number of aryl methyl sites for hydroxylation is 1. The number of pyridine rings is 1. The van der Waals surface area contributed by atoms with Crippen molar-refractivity contribution < 1.29 is 4.74 Å². The van der Waals surface area contributed by atoms with Crippen LogP contribution in [0.4, 0.5) is 0 Å². The first-order chi connectivity index (χ1) is 5.84. The minimum Gasteiger partial charge on any atom is -0.477 e. The predicted molar refractivity (Wildman–Crippen MR) is 49.4 cm³/mol. The molecule has 0 N–H and O–H groups in total. The first-order valence-electron chi connectivity index (χ1n) is 4.39. The molecule has 0 aliphatic rings. The van der Waals surface area contributed by atoms with Crippen molar-refractivity contribution in [2.45, 2.75) is 26.7 Å². The van der Waals surface area contributed by atoms with Crippen LogP contribution in [-0.4, -0.2) is 11.6 Å². The molecule has 0 aliphatic carbocycles. The minimum atomic E-state index is 0.769. The maximum atomic E-state index is 5.47. The summed E-state index contributed by atoms with van der Waals surface area (Å²) in [6, 6.07) is 3.93. The second kappa shape index (κ2) is 4.75. The second-order valence-electron chi connectivity index (χ2n) is 2.83. The van der Waals surface area contributed by atoms with Gasteiger partial charge in [0.05, 0.1) is 6.61 Å². The number of rotatable bonds is 4. The van der Waals surface area contributed by atoms with Crippen molar-refractivity contribution in [1.82, 2.24) is 4.98 Å². The fourth-order valence-corrected chi connectivity index (χ4v) is 0.935. The van der Waals surface area contributed by atoms with E-state index in [-0.39, 0.29) is 0 Å². The van der Waals surface area contributed by atoms with Gasteiger partial charge in [0.25, 0.3) is 0 Å². The van der Waals surface area contributed by atoms with E-state index in [4.69, 9.17) is 4.74 Å². The van der Waals surface area contributed by atoms with E-state index in [0.717, 1.165) is 30.9 Å². The lowest BCUT2D eigenvalue weighted by molar-refractivity contribution is 0.295. The van der Waals surface area contributed by atoms with Crippen molar-refractivity contribution in [2.75, 3.05) is 6.61 Å². The molecule has 0 saturated heterocycles. The van der Waals surface area contributed by atoms with E-state index in [1.807, 2.05) is 19.1 Å². The Balaban J connectivity index is 2.46. The molecule has 12 heavy (non-hydrogen) atoms. The van der Waals surface area contributed by atoms with E-state index in [1.54, 1.807) is 6.20 Å². The number of hydrogen-bond donors (Lipinski definition) is 0. The Morgan fingerprint density at radius 1 is 1.50 bits per heavy atom. The lowest BCUT2D eigenvalue weighted by atomic mass is 10.3. The van der Waals surface area contributed by atoms with Gasteiger partial charge in [0.15, 0.2) is 0 Å². The van der Waals surface area contributed by atoms with E-state index in [1.165, 1.54) is 0 Å². The van der Waals surface area contributed by atoms with Crippen LogP contribution in [0.2, 0.25) is 0 Å². The van der Waals surface area contributed by atoms with Crippen LogP contribution in [0.1, 0.15) is 25.3 Å². The molecule has 0 atom stereocenters. The monoisotopic (exact) mass is 165 g/mol. The largest absolute Gasteiger partial charge is 0.477 e. The Labute approximate surface area is 73.6 Å². The molecule has 0 amide bonds. The molecule has 0 spiro atoms. The lowest BCUT2D eigenvalue weighted by Gasteiger charge is -2.05. The third kappa shape index (κ3) is 2.53. The Morgan fingerprint density at radius 3 is 3.00 bits per heavy atom. The summed E-state index contributed by atoms with van der Waals surface area (Å²) < 4.78 is 5.47. The third-order valence-corrected chi connectivity index (χ3v) is 1.70. The van der Waals surface area contributed by atoms with E-state index < -0.39 is 0 Å². The highest BCUT2D eigenvalue weighted by Crippen LogP contribution is 2.12. The zero-order valence-corrected chi connectivity index (χ0v) is 7.71. The van der Waals surface area contributed by atoms with Gasteiger partial charge >= 0.3 is 0 Å². The van der Waals surface area contributed by atoms with E-state index in [0.29, 0.717) is 0 Å². The Kier molecular flexibility index (Phi) is 3.58. The first-order valence-corrected chi connectivity index (χ1v) is 4.39. The number of nitrogens with zero attached hydrogens (tertiary/aromatic N) is 1. The summed E-state index contributed by atoms with van der Waals surface area (Å²) in [4.78, 5) is 4.13. The molecule has 0 radical (unpaired) electrons. The van der Waals surface area contributed by atoms with Crippen molar-refractivity contribution in [3.8, 4) is 5.88 Å². The summed E-state index contributed by atoms with van der Waals surface area (Å²) in [6.45, 7) is 4.93. The zero-order chi connectivity index (χ0) is 8.81. The van der Waals surface area contributed by atoms with Gasteiger partial charge in [-0.05, 0) is 19.4 Å². The van der Waals surface area contributed by atoms with Gasteiger partial charge in [-0.2, -0.15) is 0 Å². The summed E-state index contributed by atoms with van der Waals surface area (Å²) >= 11 is 0. The maximum absolute atomic E-state index is 5.47. The van der Waals surface area contributed by atoms with Crippen molar-refractivity contribution in [3.05, 3.63) is 23.9 Å². The minimum absolute atomic E-state index is 0.769. The Bertz CT molecular complexity index is 235. The molecule has 1 heterocycles. The summed E-state index contributed by atoms with van der Waals surface area (Å²) in [7, 11) is 0. The topological polar surface area (TPSA) is 22.1 Å². The molecule has 1 rings (SSSR count). The third-order valence-electron chi connectivity index (χ3n) is 1.70. The normalized spacial score (nSPS) is 9.83. The van der Waals surface area contributed by atoms with Crippen molar-refractivity contribution in [2.24, 2.45) is 0 Å². The average Bonchev–Trinajstić information content (AvgIpc) is 2.09. The summed E-state index contributed by atoms with van der Waals surface area (Å²) in [5, 5.41) is 0. The van der Waals surface area contributed by atoms with E-state index >= 15 is 0 Å². The molecule has 0 aliphatic heterocycles. The van der Waals surface area contributed by atoms with Gasteiger partial charge < -0.3 is 4.74 Å². The number of ether oxygens (including phenoxy) is 1. The average molecular weight is 165 g/mol. The van der Waals surface area contributed by atoms with Crippen LogP contribution in [0.3, 0.4) is 0 Å². The molecule has 2 heteroatoms. The molecule has 0 bridgehead atoms. The highest BCUT2D eigenvalue weighted by molar-refractivity contribution is 5.23. The van der Waals surface area contributed by atoms with Gasteiger partial charge in [0.1, 0.15) is 0 Å². The number of aromatic nitrogens is 1. The van der Waals surface area contributed by atoms with Gasteiger partial charge in [-0.3, -0.25) is 0 Å². The Hall–Kier alpha value is -1.05. The van der Waals surface area contributed by atoms with Gasteiger partial charge in [0.2, 0.25) is 5.88 Å².